The van der Waals surface area contributed by atoms with E-state index >= 15 is 0 Å². The number of hydrogen-bond acceptors (Lipinski definition) is 5. The van der Waals surface area contributed by atoms with Crippen molar-refractivity contribution in [3.05, 3.63) is 85.7 Å². The van der Waals surface area contributed by atoms with E-state index in [9.17, 15) is 14.4 Å². The molecule has 0 fully saturated rings. The molecule has 1 unspecified atom stereocenters. The van der Waals surface area contributed by atoms with Gasteiger partial charge in [-0.05, 0) is 62.2 Å². The van der Waals surface area contributed by atoms with Crippen molar-refractivity contribution in [1.29, 1.82) is 0 Å². The van der Waals surface area contributed by atoms with Crippen LogP contribution in [0.15, 0.2) is 64.1 Å². The van der Waals surface area contributed by atoms with Crippen LogP contribution in [0, 0.1) is 13.8 Å². The molecule has 33 heavy (non-hydrogen) atoms. The number of aryl methyl sites for hydroxylation is 2. The topological polar surface area (TPSA) is 93.1 Å². The Morgan fingerprint density at radius 2 is 1.76 bits per heavy atom. The zero-order valence-electron chi connectivity index (χ0n) is 18.2. The minimum Gasteiger partial charge on any atom is -0.324 e. The molecule has 2 heterocycles. The lowest BCUT2D eigenvalue weighted by molar-refractivity contribution is -0.118. The fourth-order valence-corrected chi connectivity index (χ4v) is 4.73. The first-order valence-electron chi connectivity index (χ1n) is 10.2. The smallest absolute Gasteiger partial charge is 0.266 e. The summed E-state index contributed by atoms with van der Waals surface area (Å²) in [6, 6.07) is 13.9. The van der Waals surface area contributed by atoms with Crippen molar-refractivity contribution in [2.24, 2.45) is 0 Å². The van der Waals surface area contributed by atoms with E-state index in [4.69, 9.17) is 0 Å². The third kappa shape index (κ3) is 4.60. The summed E-state index contributed by atoms with van der Waals surface area (Å²) in [6.45, 7) is 5.27. The number of nitrogens with one attached hydrogen (secondary N) is 2. The highest BCUT2D eigenvalue weighted by atomic mass is 79.9. The summed E-state index contributed by atoms with van der Waals surface area (Å²) in [7, 11) is 0. The van der Waals surface area contributed by atoms with E-state index in [1.54, 1.807) is 26.0 Å². The number of carbonyl (C=O) groups excluding carboxylic acids is 2. The molecule has 168 valence electrons. The van der Waals surface area contributed by atoms with Gasteiger partial charge in [-0.25, -0.2) is 4.98 Å². The third-order valence-electron chi connectivity index (χ3n) is 5.38. The Morgan fingerprint density at radius 3 is 2.45 bits per heavy atom. The largest absolute Gasteiger partial charge is 0.324 e. The first kappa shape index (κ1) is 22.9. The number of thiophene rings is 1. The quantitative estimate of drug-likeness (QED) is 0.371. The normalized spacial score (nSPS) is 11.9. The molecule has 1 atom stereocenters. The van der Waals surface area contributed by atoms with Crippen LogP contribution < -0.4 is 16.2 Å². The van der Waals surface area contributed by atoms with Crippen LogP contribution in [0.1, 0.15) is 33.8 Å². The first-order valence-corrected chi connectivity index (χ1v) is 11.8. The Kier molecular flexibility index (Phi) is 6.44. The Hall–Kier alpha value is -3.30. The number of carbonyl (C=O) groups is 2. The van der Waals surface area contributed by atoms with Crippen LogP contribution in [-0.4, -0.2) is 21.4 Å². The molecule has 9 heteroatoms. The fourth-order valence-electron chi connectivity index (χ4n) is 3.43. The number of anilines is 2. The molecule has 0 spiro atoms. The maximum Gasteiger partial charge on any atom is 0.266 e. The summed E-state index contributed by atoms with van der Waals surface area (Å²) in [5.74, 6) is -0.636. The van der Waals surface area contributed by atoms with E-state index in [1.807, 2.05) is 43.3 Å². The number of amides is 2. The van der Waals surface area contributed by atoms with Gasteiger partial charge in [-0.3, -0.25) is 19.0 Å². The number of benzene rings is 2. The molecule has 4 rings (SSSR count). The van der Waals surface area contributed by atoms with E-state index in [0.717, 1.165) is 21.4 Å². The van der Waals surface area contributed by atoms with E-state index in [-0.39, 0.29) is 17.4 Å². The van der Waals surface area contributed by atoms with Gasteiger partial charge in [0, 0.05) is 15.8 Å². The van der Waals surface area contributed by atoms with Gasteiger partial charge in [0.15, 0.2) is 0 Å². The van der Waals surface area contributed by atoms with Gasteiger partial charge in [-0.2, -0.15) is 0 Å². The zero-order valence-corrected chi connectivity index (χ0v) is 20.6. The summed E-state index contributed by atoms with van der Waals surface area (Å²) in [6.07, 6.45) is 1.36. The molecule has 2 aromatic heterocycles. The van der Waals surface area contributed by atoms with Crippen molar-refractivity contribution in [2.45, 2.75) is 26.8 Å². The minimum atomic E-state index is -0.790. The van der Waals surface area contributed by atoms with Gasteiger partial charge < -0.3 is 10.6 Å². The average molecular weight is 525 g/mol. The van der Waals surface area contributed by atoms with Crippen LogP contribution in [0.5, 0.6) is 0 Å². The highest BCUT2D eigenvalue weighted by Crippen LogP contribution is 2.28. The number of fused-ring (bicyclic) bond motifs is 1. The van der Waals surface area contributed by atoms with E-state index in [1.165, 1.54) is 10.9 Å². The second-order valence-corrected chi connectivity index (χ2v) is 9.55. The monoisotopic (exact) mass is 524 g/mol. The zero-order chi connectivity index (χ0) is 23.7. The lowest BCUT2D eigenvalue weighted by Gasteiger charge is -2.15. The van der Waals surface area contributed by atoms with Crippen LogP contribution in [0.4, 0.5) is 11.4 Å². The van der Waals surface area contributed by atoms with Gasteiger partial charge in [-0.1, -0.05) is 34.1 Å². The predicted octanol–water partition coefficient (Wildman–Crippen LogP) is 5.29. The van der Waals surface area contributed by atoms with E-state index in [2.05, 4.69) is 31.5 Å². The summed E-state index contributed by atoms with van der Waals surface area (Å²) < 4.78 is 2.19. The van der Waals surface area contributed by atoms with Crippen LogP contribution in [0.2, 0.25) is 0 Å². The molecular formula is C24H21BrN4O3S. The lowest BCUT2D eigenvalue weighted by atomic mass is 10.1. The highest BCUT2D eigenvalue weighted by molar-refractivity contribution is 9.10. The molecule has 0 radical (unpaired) electrons. The molecule has 2 N–H and O–H groups in total. The molecule has 0 bridgehead atoms. The minimum absolute atomic E-state index is 0.295. The first-order chi connectivity index (χ1) is 15.8. The Balaban J connectivity index is 1.63. The molecular weight excluding hydrogens is 504 g/mol. The third-order valence-corrected chi connectivity index (χ3v) is 7.11. The van der Waals surface area contributed by atoms with Crippen molar-refractivity contribution in [3.8, 4) is 0 Å². The average Bonchev–Trinajstić information content (AvgIpc) is 3.14. The van der Waals surface area contributed by atoms with Gasteiger partial charge in [0.2, 0.25) is 5.91 Å². The van der Waals surface area contributed by atoms with Crippen molar-refractivity contribution < 1.29 is 9.59 Å². The van der Waals surface area contributed by atoms with Crippen LogP contribution in [0.25, 0.3) is 10.2 Å². The molecule has 2 aromatic carbocycles. The van der Waals surface area contributed by atoms with Gasteiger partial charge in [0.25, 0.3) is 11.5 Å². The van der Waals surface area contributed by atoms with Gasteiger partial charge in [0.05, 0.1) is 16.6 Å². The maximum absolute atomic E-state index is 13.3. The number of para-hydroxylation sites is 1. The van der Waals surface area contributed by atoms with Crippen LogP contribution in [0.3, 0.4) is 0 Å². The molecule has 0 aliphatic carbocycles. The van der Waals surface area contributed by atoms with Gasteiger partial charge >= 0.3 is 0 Å². The molecule has 2 amide bonds. The highest BCUT2D eigenvalue weighted by Gasteiger charge is 2.23. The fraction of sp³-hybridized carbons (Fsp3) is 0.167. The second kappa shape index (κ2) is 9.29. The number of hydrogen-bond donors (Lipinski definition) is 2. The van der Waals surface area contributed by atoms with Crippen LogP contribution in [-0.2, 0) is 4.79 Å². The summed E-state index contributed by atoms with van der Waals surface area (Å²) in [4.78, 5) is 44.2. The van der Waals surface area contributed by atoms with Crippen molar-refractivity contribution in [1.82, 2.24) is 9.55 Å². The Bertz CT molecular complexity index is 1430. The second-order valence-electron chi connectivity index (χ2n) is 7.63. The number of halogens is 1. The van der Waals surface area contributed by atoms with Gasteiger partial charge in [-0.15, -0.1) is 11.3 Å². The van der Waals surface area contributed by atoms with E-state index in [0.29, 0.717) is 32.0 Å². The molecule has 0 saturated carbocycles. The summed E-state index contributed by atoms with van der Waals surface area (Å²) in [5, 5.41) is 6.05. The van der Waals surface area contributed by atoms with Crippen molar-refractivity contribution in [2.75, 3.05) is 10.6 Å². The van der Waals surface area contributed by atoms with Gasteiger partial charge in [0.1, 0.15) is 10.9 Å². The van der Waals surface area contributed by atoms with Crippen molar-refractivity contribution >= 4 is 60.7 Å². The summed E-state index contributed by atoms with van der Waals surface area (Å²) in [5.41, 5.74) is 2.47. The molecule has 0 aliphatic heterocycles. The molecule has 0 saturated heterocycles. The standard InChI is InChI=1S/C24H21BrN4O3S/c1-13-6-4-5-7-18(13)28-22(31)20-14(2)19-23(33-20)26-12-29(24(19)32)15(3)21(30)27-17-10-8-16(25)9-11-17/h4-12,15H,1-3H3,(H,27,30)(H,28,31). The number of rotatable bonds is 5. The molecule has 4 aromatic rings. The number of aromatic nitrogens is 2. The predicted molar refractivity (Wildman–Crippen MR) is 135 cm³/mol. The molecule has 0 aliphatic rings. The van der Waals surface area contributed by atoms with Crippen LogP contribution >= 0.6 is 27.3 Å². The SMILES string of the molecule is Cc1ccccc1NC(=O)c1sc2ncn(C(C)C(=O)Nc3ccc(Br)cc3)c(=O)c2c1C. The Labute approximate surface area is 202 Å². The number of nitrogens with zero attached hydrogens (tertiary/aromatic N) is 2. The maximum atomic E-state index is 13.3. The Morgan fingerprint density at radius 1 is 1.06 bits per heavy atom. The van der Waals surface area contributed by atoms with Crippen molar-refractivity contribution in [3.63, 3.8) is 0 Å². The van der Waals surface area contributed by atoms with E-state index < -0.39 is 6.04 Å². The molecule has 7 nitrogen and oxygen atoms in total. The lowest BCUT2D eigenvalue weighted by Crippen LogP contribution is -2.31. The summed E-state index contributed by atoms with van der Waals surface area (Å²) >= 11 is 4.52.